The normalized spacial score (nSPS) is 12.4. The second-order valence-electron chi connectivity index (χ2n) is 6.22. The zero-order valence-electron chi connectivity index (χ0n) is 11.3. The molecule has 92 valence electrons. The molecule has 1 rings (SSSR count). The predicted molar refractivity (Wildman–Crippen MR) is 67.3 cm³/mol. The van der Waals surface area contributed by atoms with Gasteiger partial charge >= 0.3 is 0 Å². The Morgan fingerprint density at radius 2 is 2.00 bits per heavy atom. The van der Waals surface area contributed by atoms with E-state index in [-0.39, 0.29) is 0 Å². The average molecular weight is 223 g/mol. The molecule has 3 nitrogen and oxygen atoms in total. The van der Waals surface area contributed by atoms with Crippen molar-refractivity contribution >= 4 is 0 Å². The molecule has 0 aliphatic carbocycles. The molecule has 16 heavy (non-hydrogen) atoms. The number of hydrogen-bond donors (Lipinski definition) is 0. The lowest BCUT2D eigenvalue weighted by atomic mass is 9.90. The summed E-state index contributed by atoms with van der Waals surface area (Å²) in [6, 6.07) is 0. The smallest absolute Gasteiger partial charge is 0.0827 e. The molecule has 0 aliphatic rings. The minimum atomic E-state index is 0.377. The van der Waals surface area contributed by atoms with Crippen LogP contribution in [0.3, 0.4) is 0 Å². The van der Waals surface area contributed by atoms with Gasteiger partial charge in [0, 0.05) is 12.7 Å². The largest absolute Gasteiger partial charge is 0.252 e. The van der Waals surface area contributed by atoms with E-state index in [1.54, 1.807) is 0 Å². The Labute approximate surface area is 99.2 Å². The second kappa shape index (κ2) is 5.46. The molecule has 0 radical (unpaired) electrons. The molecule has 0 atom stereocenters. The second-order valence-corrected chi connectivity index (χ2v) is 6.22. The van der Waals surface area contributed by atoms with E-state index in [9.17, 15) is 0 Å². The zero-order valence-corrected chi connectivity index (χ0v) is 11.3. The van der Waals surface area contributed by atoms with E-state index < -0.39 is 0 Å². The molecule has 0 N–H and O–H groups in total. The van der Waals surface area contributed by atoms with Gasteiger partial charge in [-0.1, -0.05) is 39.8 Å². The Morgan fingerprint density at radius 3 is 2.56 bits per heavy atom. The molecule has 0 saturated heterocycles. The molecule has 0 amide bonds. The summed E-state index contributed by atoms with van der Waals surface area (Å²) in [5.41, 5.74) is 1.50. The van der Waals surface area contributed by atoms with Gasteiger partial charge in [-0.05, 0) is 30.6 Å². The molecular formula is C13H25N3. The van der Waals surface area contributed by atoms with Gasteiger partial charge in [0.05, 0.1) is 5.69 Å². The highest BCUT2D eigenvalue weighted by molar-refractivity contribution is 4.93. The summed E-state index contributed by atoms with van der Waals surface area (Å²) in [6.45, 7) is 12.2. The quantitative estimate of drug-likeness (QED) is 0.766. The lowest BCUT2D eigenvalue weighted by Crippen LogP contribution is -2.06. The summed E-state index contributed by atoms with van der Waals surface area (Å²) < 4.78 is 1.97. The maximum atomic E-state index is 4.21. The molecule has 0 aromatic carbocycles. The van der Waals surface area contributed by atoms with Gasteiger partial charge in [-0.15, -0.1) is 5.10 Å². The number of aryl methyl sites for hydroxylation is 2. The van der Waals surface area contributed by atoms with Crippen molar-refractivity contribution in [2.45, 2.75) is 60.4 Å². The molecule has 0 spiro atoms. The van der Waals surface area contributed by atoms with Crippen LogP contribution in [0.25, 0.3) is 0 Å². The minimum Gasteiger partial charge on any atom is -0.252 e. The van der Waals surface area contributed by atoms with Gasteiger partial charge in [-0.25, -0.2) is 0 Å². The van der Waals surface area contributed by atoms with Gasteiger partial charge in [0.15, 0.2) is 0 Å². The first-order valence-electron chi connectivity index (χ1n) is 6.26. The van der Waals surface area contributed by atoms with Gasteiger partial charge in [0.25, 0.3) is 0 Å². The summed E-state index contributed by atoms with van der Waals surface area (Å²) in [5, 5.41) is 8.37. The van der Waals surface area contributed by atoms with Crippen LogP contribution in [0.4, 0.5) is 0 Å². The first kappa shape index (κ1) is 13.2. The fourth-order valence-electron chi connectivity index (χ4n) is 1.46. The number of rotatable bonds is 5. The van der Waals surface area contributed by atoms with E-state index in [0.29, 0.717) is 5.41 Å². The highest BCUT2D eigenvalue weighted by Gasteiger charge is 2.11. The van der Waals surface area contributed by atoms with Gasteiger partial charge in [-0.2, -0.15) is 0 Å². The molecule has 1 heterocycles. The Kier molecular flexibility index (Phi) is 4.51. The molecular weight excluding hydrogens is 198 g/mol. The van der Waals surface area contributed by atoms with E-state index in [4.69, 9.17) is 0 Å². The first-order valence-corrected chi connectivity index (χ1v) is 6.26. The molecule has 0 saturated carbocycles. The Morgan fingerprint density at radius 1 is 1.31 bits per heavy atom. The Bertz CT molecular complexity index is 307. The van der Waals surface area contributed by atoms with Crippen LogP contribution in [-0.2, 0) is 13.0 Å². The van der Waals surface area contributed by atoms with Crippen LogP contribution in [0.2, 0.25) is 0 Å². The molecule has 1 aromatic rings. The summed E-state index contributed by atoms with van der Waals surface area (Å²) in [7, 11) is 0. The van der Waals surface area contributed by atoms with Crippen LogP contribution < -0.4 is 0 Å². The molecule has 1 aromatic heterocycles. The van der Waals surface area contributed by atoms with Crippen LogP contribution in [0.15, 0.2) is 6.20 Å². The minimum absolute atomic E-state index is 0.377. The van der Waals surface area contributed by atoms with Crippen molar-refractivity contribution in [3.05, 3.63) is 11.9 Å². The molecule has 0 fully saturated rings. The van der Waals surface area contributed by atoms with Crippen LogP contribution in [0.5, 0.6) is 0 Å². The maximum Gasteiger partial charge on any atom is 0.0827 e. The topological polar surface area (TPSA) is 30.7 Å². The van der Waals surface area contributed by atoms with E-state index >= 15 is 0 Å². The fraction of sp³-hybridized carbons (Fsp3) is 0.846. The standard InChI is InChI=1S/C13H25N3/c1-11(2)7-9-16-10-12(14-15-16)6-8-13(3,4)5/h10-11H,6-9H2,1-5H3. The molecule has 0 aliphatic heterocycles. The maximum absolute atomic E-state index is 4.21. The van der Waals surface area contributed by atoms with Crippen molar-refractivity contribution in [1.29, 1.82) is 0 Å². The number of hydrogen-bond acceptors (Lipinski definition) is 2. The summed E-state index contributed by atoms with van der Waals surface area (Å²) >= 11 is 0. The molecule has 0 bridgehead atoms. The third-order valence-corrected chi connectivity index (χ3v) is 2.65. The van der Waals surface area contributed by atoms with Gasteiger partial charge in [0.2, 0.25) is 0 Å². The third-order valence-electron chi connectivity index (χ3n) is 2.65. The van der Waals surface area contributed by atoms with Crippen molar-refractivity contribution in [2.75, 3.05) is 0 Å². The third kappa shape index (κ3) is 5.29. The van der Waals surface area contributed by atoms with Crippen molar-refractivity contribution in [3.8, 4) is 0 Å². The van der Waals surface area contributed by atoms with Crippen molar-refractivity contribution < 1.29 is 0 Å². The zero-order chi connectivity index (χ0) is 12.2. The summed E-state index contributed by atoms with van der Waals surface area (Å²) in [5.74, 6) is 0.724. The molecule has 0 unspecified atom stereocenters. The summed E-state index contributed by atoms with van der Waals surface area (Å²) in [4.78, 5) is 0. The van der Waals surface area contributed by atoms with Gasteiger partial charge in [-0.3, -0.25) is 4.68 Å². The van der Waals surface area contributed by atoms with Crippen LogP contribution in [-0.4, -0.2) is 15.0 Å². The average Bonchev–Trinajstić information content (AvgIpc) is 2.58. The van der Waals surface area contributed by atoms with E-state index in [2.05, 4.69) is 51.1 Å². The van der Waals surface area contributed by atoms with E-state index in [1.165, 1.54) is 6.42 Å². The van der Waals surface area contributed by atoms with Gasteiger partial charge in [0.1, 0.15) is 0 Å². The van der Waals surface area contributed by atoms with E-state index in [1.807, 2.05) is 4.68 Å². The van der Waals surface area contributed by atoms with Crippen molar-refractivity contribution in [3.63, 3.8) is 0 Å². The monoisotopic (exact) mass is 223 g/mol. The van der Waals surface area contributed by atoms with Crippen LogP contribution in [0.1, 0.15) is 53.2 Å². The Hall–Kier alpha value is -0.860. The van der Waals surface area contributed by atoms with E-state index in [0.717, 1.165) is 31.0 Å². The van der Waals surface area contributed by atoms with Crippen LogP contribution in [0, 0.1) is 11.3 Å². The predicted octanol–water partition coefficient (Wildman–Crippen LogP) is 3.30. The highest BCUT2D eigenvalue weighted by atomic mass is 15.4. The SMILES string of the molecule is CC(C)CCn1cc(CCC(C)(C)C)nn1. The summed E-state index contributed by atoms with van der Waals surface area (Å²) in [6.07, 6.45) is 5.46. The number of aromatic nitrogens is 3. The number of nitrogens with zero attached hydrogens (tertiary/aromatic N) is 3. The van der Waals surface area contributed by atoms with Crippen molar-refractivity contribution in [1.82, 2.24) is 15.0 Å². The fourth-order valence-corrected chi connectivity index (χ4v) is 1.46. The van der Waals surface area contributed by atoms with Gasteiger partial charge < -0.3 is 0 Å². The lowest BCUT2D eigenvalue weighted by molar-refractivity contribution is 0.376. The molecule has 3 heteroatoms. The Balaban J connectivity index is 2.39. The lowest BCUT2D eigenvalue weighted by Gasteiger charge is -2.16. The van der Waals surface area contributed by atoms with Crippen LogP contribution >= 0.6 is 0 Å². The first-order chi connectivity index (χ1) is 7.37. The van der Waals surface area contributed by atoms with Crippen molar-refractivity contribution in [2.24, 2.45) is 11.3 Å². The highest BCUT2D eigenvalue weighted by Crippen LogP contribution is 2.20.